The molecule has 0 unspecified atom stereocenters. The number of nitrogens with one attached hydrogen (secondary N) is 1. The van der Waals surface area contributed by atoms with E-state index in [2.05, 4.69) is 33.2 Å². The smallest absolute Gasteiger partial charge is 0.204 e. The van der Waals surface area contributed by atoms with Gasteiger partial charge in [0.15, 0.2) is 3.95 Å². The molecule has 0 atom stereocenters. The SMILES string of the molecule is CCCNc1nn(CN2CCN(Cc3cccc(Cl)c3)CC2)c(=S)s1. The maximum Gasteiger partial charge on any atom is 0.204 e. The molecule has 0 amide bonds. The van der Waals surface area contributed by atoms with Gasteiger partial charge in [-0.25, -0.2) is 4.68 Å². The molecule has 2 aromatic rings. The molecular weight excluding hydrogens is 374 g/mol. The molecule has 0 spiro atoms. The number of aromatic nitrogens is 2. The van der Waals surface area contributed by atoms with E-state index in [0.717, 1.165) is 66.5 Å². The Balaban J connectivity index is 1.49. The van der Waals surface area contributed by atoms with E-state index in [-0.39, 0.29) is 0 Å². The molecule has 1 aliphatic heterocycles. The Morgan fingerprint density at radius 2 is 2.00 bits per heavy atom. The number of halogens is 1. The van der Waals surface area contributed by atoms with E-state index < -0.39 is 0 Å². The van der Waals surface area contributed by atoms with Crippen LogP contribution in [0.1, 0.15) is 18.9 Å². The first-order valence-corrected chi connectivity index (χ1v) is 10.3. The molecule has 0 aliphatic carbocycles. The van der Waals surface area contributed by atoms with Gasteiger partial charge in [-0.05, 0) is 36.3 Å². The maximum absolute atomic E-state index is 6.07. The van der Waals surface area contributed by atoms with Crippen molar-refractivity contribution in [3.8, 4) is 0 Å². The minimum absolute atomic E-state index is 0.772. The molecule has 25 heavy (non-hydrogen) atoms. The predicted molar refractivity (Wildman–Crippen MR) is 108 cm³/mol. The van der Waals surface area contributed by atoms with Crippen LogP contribution in [0.25, 0.3) is 0 Å². The Bertz CT molecular complexity index is 737. The summed E-state index contributed by atoms with van der Waals surface area (Å²) in [6, 6.07) is 8.12. The van der Waals surface area contributed by atoms with Crippen molar-refractivity contribution in [3.05, 3.63) is 38.8 Å². The first kappa shape index (κ1) is 18.8. The number of rotatable bonds is 7. The number of nitrogens with zero attached hydrogens (tertiary/aromatic N) is 4. The summed E-state index contributed by atoms with van der Waals surface area (Å²) in [7, 11) is 0. The quantitative estimate of drug-likeness (QED) is 0.716. The van der Waals surface area contributed by atoms with Crippen LogP contribution in [0.5, 0.6) is 0 Å². The van der Waals surface area contributed by atoms with Gasteiger partial charge in [-0.2, -0.15) is 0 Å². The van der Waals surface area contributed by atoms with Crippen LogP contribution in [-0.4, -0.2) is 52.3 Å². The molecule has 3 rings (SSSR count). The lowest BCUT2D eigenvalue weighted by molar-refractivity contribution is 0.0985. The van der Waals surface area contributed by atoms with Gasteiger partial charge < -0.3 is 5.32 Å². The summed E-state index contributed by atoms with van der Waals surface area (Å²) in [5, 5.41) is 9.63. The molecule has 1 aromatic heterocycles. The predicted octanol–water partition coefficient (Wildman–Crippen LogP) is 3.92. The van der Waals surface area contributed by atoms with Crippen LogP contribution in [0, 0.1) is 3.95 Å². The summed E-state index contributed by atoms with van der Waals surface area (Å²) in [6.45, 7) is 8.95. The normalized spacial score (nSPS) is 16.2. The van der Waals surface area contributed by atoms with Crippen LogP contribution >= 0.6 is 35.2 Å². The molecule has 2 heterocycles. The van der Waals surface area contributed by atoms with E-state index in [0.29, 0.717) is 0 Å². The van der Waals surface area contributed by atoms with E-state index in [9.17, 15) is 0 Å². The van der Waals surface area contributed by atoms with Crippen molar-refractivity contribution in [2.75, 3.05) is 38.0 Å². The summed E-state index contributed by atoms with van der Waals surface area (Å²) >= 11 is 13.1. The number of anilines is 1. The van der Waals surface area contributed by atoms with E-state index in [1.54, 1.807) is 11.3 Å². The van der Waals surface area contributed by atoms with Gasteiger partial charge in [-0.1, -0.05) is 42.0 Å². The Morgan fingerprint density at radius 3 is 2.72 bits per heavy atom. The minimum Gasteiger partial charge on any atom is -0.360 e. The van der Waals surface area contributed by atoms with Crippen LogP contribution < -0.4 is 5.32 Å². The van der Waals surface area contributed by atoms with Crippen molar-refractivity contribution in [1.29, 1.82) is 0 Å². The second-order valence-electron chi connectivity index (χ2n) is 6.26. The van der Waals surface area contributed by atoms with Gasteiger partial charge in [-0.15, -0.1) is 5.10 Å². The average molecular weight is 398 g/mol. The molecule has 8 heteroatoms. The molecule has 136 valence electrons. The van der Waals surface area contributed by atoms with E-state index >= 15 is 0 Å². The third kappa shape index (κ3) is 5.49. The topological polar surface area (TPSA) is 36.3 Å². The lowest BCUT2D eigenvalue weighted by Gasteiger charge is -2.34. The summed E-state index contributed by atoms with van der Waals surface area (Å²) in [5.74, 6) is 0. The highest BCUT2D eigenvalue weighted by atomic mass is 35.5. The zero-order valence-corrected chi connectivity index (χ0v) is 16.8. The number of hydrogen-bond donors (Lipinski definition) is 1. The van der Waals surface area contributed by atoms with Crippen molar-refractivity contribution in [1.82, 2.24) is 19.6 Å². The molecule has 1 saturated heterocycles. The summed E-state index contributed by atoms with van der Waals surface area (Å²) in [6.07, 6.45) is 1.08. The monoisotopic (exact) mass is 397 g/mol. The van der Waals surface area contributed by atoms with Crippen LogP contribution in [0.3, 0.4) is 0 Å². The van der Waals surface area contributed by atoms with Crippen molar-refractivity contribution in [2.24, 2.45) is 0 Å². The van der Waals surface area contributed by atoms with Gasteiger partial charge in [0.2, 0.25) is 5.13 Å². The summed E-state index contributed by atoms with van der Waals surface area (Å²) in [5.41, 5.74) is 1.27. The highest BCUT2D eigenvalue weighted by Gasteiger charge is 2.18. The third-order valence-corrected chi connectivity index (χ3v) is 5.73. The van der Waals surface area contributed by atoms with Gasteiger partial charge in [0.05, 0.1) is 6.67 Å². The van der Waals surface area contributed by atoms with Gasteiger partial charge in [0.25, 0.3) is 0 Å². The lowest BCUT2D eigenvalue weighted by Crippen LogP contribution is -2.46. The van der Waals surface area contributed by atoms with Crippen LogP contribution in [0.2, 0.25) is 5.02 Å². The minimum atomic E-state index is 0.772. The standard InChI is InChI=1S/C17H24ClN5S2/c1-2-6-19-16-20-23(17(24)25-16)13-22-9-7-21(8-10-22)12-14-4-3-5-15(18)11-14/h3-5,11H,2,6-10,12-13H2,1H3,(H,19,20). The fourth-order valence-corrected chi connectivity index (χ4v) is 4.10. The van der Waals surface area contributed by atoms with Crippen molar-refractivity contribution in [3.63, 3.8) is 0 Å². The highest BCUT2D eigenvalue weighted by Crippen LogP contribution is 2.16. The van der Waals surface area contributed by atoms with E-state index in [1.165, 1.54) is 5.56 Å². The fraction of sp³-hybridized carbons (Fsp3) is 0.529. The Hall–Kier alpha value is -0.990. The number of benzene rings is 1. The first-order valence-electron chi connectivity index (χ1n) is 8.65. The van der Waals surface area contributed by atoms with Crippen molar-refractivity contribution in [2.45, 2.75) is 26.6 Å². The van der Waals surface area contributed by atoms with Crippen LogP contribution in [0.4, 0.5) is 5.13 Å². The summed E-state index contributed by atoms with van der Waals surface area (Å²) in [4.78, 5) is 4.88. The van der Waals surface area contributed by atoms with Gasteiger partial charge in [0, 0.05) is 44.3 Å². The average Bonchev–Trinajstić information content (AvgIpc) is 2.94. The zero-order chi connectivity index (χ0) is 17.6. The van der Waals surface area contributed by atoms with Crippen molar-refractivity contribution < 1.29 is 0 Å². The first-order chi connectivity index (χ1) is 12.1. The molecule has 0 radical (unpaired) electrons. The molecule has 1 N–H and O–H groups in total. The number of piperazine rings is 1. The second-order valence-corrected chi connectivity index (χ2v) is 8.32. The molecule has 1 aromatic carbocycles. The molecule has 0 bridgehead atoms. The zero-order valence-electron chi connectivity index (χ0n) is 14.4. The lowest BCUT2D eigenvalue weighted by atomic mass is 10.2. The molecule has 1 fully saturated rings. The third-order valence-electron chi connectivity index (χ3n) is 4.23. The fourth-order valence-electron chi connectivity index (χ4n) is 2.87. The molecular formula is C17H24ClN5S2. The highest BCUT2D eigenvalue weighted by molar-refractivity contribution is 7.73. The largest absolute Gasteiger partial charge is 0.360 e. The van der Waals surface area contributed by atoms with Gasteiger partial charge in [-0.3, -0.25) is 9.80 Å². The molecule has 1 aliphatic rings. The van der Waals surface area contributed by atoms with Crippen LogP contribution in [-0.2, 0) is 13.2 Å². The Morgan fingerprint density at radius 1 is 1.24 bits per heavy atom. The van der Waals surface area contributed by atoms with Crippen LogP contribution in [0.15, 0.2) is 24.3 Å². The van der Waals surface area contributed by atoms with Gasteiger partial charge in [0.1, 0.15) is 0 Å². The molecule has 0 saturated carbocycles. The Labute approximate surface area is 163 Å². The van der Waals surface area contributed by atoms with Crippen molar-refractivity contribution >= 4 is 40.3 Å². The van der Waals surface area contributed by atoms with E-state index in [4.69, 9.17) is 23.8 Å². The van der Waals surface area contributed by atoms with E-state index in [1.807, 2.05) is 22.9 Å². The summed E-state index contributed by atoms with van der Waals surface area (Å²) < 4.78 is 2.77. The Kier molecular flexibility index (Phi) is 6.84. The molecule has 5 nitrogen and oxygen atoms in total. The van der Waals surface area contributed by atoms with Gasteiger partial charge >= 0.3 is 0 Å². The maximum atomic E-state index is 6.07. The second kappa shape index (κ2) is 9.09. The number of hydrogen-bond acceptors (Lipinski definition) is 6.